The van der Waals surface area contributed by atoms with Crippen LogP contribution in [0, 0.1) is 5.92 Å². The van der Waals surface area contributed by atoms with Crippen LogP contribution in [-0.2, 0) is 17.9 Å². The summed E-state index contributed by atoms with van der Waals surface area (Å²) < 4.78 is 2.22. The Kier molecular flexibility index (Phi) is 5.90. The maximum absolute atomic E-state index is 13.0. The molecule has 9 heteroatoms. The molecule has 0 spiro atoms. The van der Waals surface area contributed by atoms with Crippen LogP contribution in [0.1, 0.15) is 29.0 Å². The van der Waals surface area contributed by atoms with E-state index in [1.165, 1.54) is 0 Å². The van der Waals surface area contributed by atoms with Gasteiger partial charge in [0.15, 0.2) is 0 Å². The molecule has 5 heterocycles. The van der Waals surface area contributed by atoms with E-state index in [1.54, 1.807) is 6.20 Å². The molecule has 2 amide bonds. The van der Waals surface area contributed by atoms with E-state index in [4.69, 9.17) is 0 Å². The molecule has 1 fully saturated rings. The molecule has 0 bridgehead atoms. The van der Waals surface area contributed by atoms with Gasteiger partial charge in [0, 0.05) is 54.8 Å². The zero-order valence-corrected chi connectivity index (χ0v) is 19.9. The number of likely N-dealkylation sites (tertiary alicyclic amines) is 1. The number of amides is 2. The van der Waals surface area contributed by atoms with Crippen molar-refractivity contribution in [2.24, 2.45) is 5.92 Å². The Morgan fingerprint density at radius 2 is 1.78 bits per heavy atom. The molecule has 3 aromatic heterocycles. The lowest BCUT2D eigenvalue weighted by molar-refractivity contribution is -0.121. The fraction of sp³-hybridized carbons (Fsp3) is 0.296. The highest BCUT2D eigenvalue weighted by atomic mass is 16.2. The molecule has 9 nitrogen and oxygen atoms in total. The van der Waals surface area contributed by atoms with Gasteiger partial charge in [0.2, 0.25) is 5.91 Å². The Morgan fingerprint density at radius 1 is 0.944 bits per heavy atom. The molecule has 1 saturated heterocycles. The van der Waals surface area contributed by atoms with Gasteiger partial charge in [-0.25, -0.2) is 9.97 Å². The van der Waals surface area contributed by atoms with Crippen molar-refractivity contribution in [1.29, 1.82) is 0 Å². The molecule has 36 heavy (non-hydrogen) atoms. The molecule has 0 radical (unpaired) electrons. The maximum Gasteiger partial charge on any atom is 0.253 e. The molecular formula is C27H27N7O2. The number of hydrogen-bond donors (Lipinski definition) is 2. The molecular weight excluding hydrogens is 454 g/mol. The number of imidazole rings is 1. The van der Waals surface area contributed by atoms with E-state index in [-0.39, 0.29) is 17.7 Å². The summed E-state index contributed by atoms with van der Waals surface area (Å²) in [7, 11) is 0. The minimum Gasteiger partial charge on any atom is -0.339 e. The lowest BCUT2D eigenvalue weighted by Gasteiger charge is -2.31. The third-order valence-corrected chi connectivity index (χ3v) is 7.02. The van der Waals surface area contributed by atoms with E-state index in [1.807, 2.05) is 53.7 Å². The van der Waals surface area contributed by atoms with Gasteiger partial charge in [-0.15, -0.1) is 0 Å². The summed E-state index contributed by atoms with van der Waals surface area (Å²) in [4.78, 5) is 41.0. The van der Waals surface area contributed by atoms with Crippen LogP contribution in [0.15, 0.2) is 61.1 Å². The summed E-state index contributed by atoms with van der Waals surface area (Å²) in [5.74, 6) is 1.34. The molecule has 0 atom stereocenters. The lowest BCUT2D eigenvalue weighted by atomic mass is 9.95. The lowest BCUT2D eigenvalue weighted by Crippen LogP contribution is -2.41. The number of aromatic nitrogens is 4. The zero-order chi connectivity index (χ0) is 24.5. The van der Waals surface area contributed by atoms with Gasteiger partial charge < -0.3 is 20.1 Å². The number of fused-ring (bicyclic) bond motifs is 2. The van der Waals surface area contributed by atoms with Crippen LogP contribution in [0.3, 0.4) is 0 Å². The summed E-state index contributed by atoms with van der Waals surface area (Å²) >= 11 is 0. The maximum atomic E-state index is 13.0. The number of pyridine rings is 2. The fourth-order valence-corrected chi connectivity index (χ4v) is 5.00. The molecule has 6 rings (SSSR count). The zero-order valence-electron chi connectivity index (χ0n) is 19.9. The highest BCUT2D eigenvalue weighted by Gasteiger charge is 2.28. The average molecular weight is 482 g/mol. The smallest absolute Gasteiger partial charge is 0.253 e. The Balaban J connectivity index is 1.13. The largest absolute Gasteiger partial charge is 0.339 e. The molecule has 0 saturated carbocycles. The van der Waals surface area contributed by atoms with Crippen molar-refractivity contribution in [1.82, 2.24) is 29.7 Å². The first-order valence-corrected chi connectivity index (χ1v) is 12.3. The summed E-state index contributed by atoms with van der Waals surface area (Å²) in [6.07, 6.45) is 6.68. The second kappa shape index (κ2) is 9.50. The number of carbonyl (C=O) groups is 2. The third-order valence-electron chi connectivity index (χ3n) is 7.02. The number of anilines is 1. The van der Waals surface area contributed by atoms with Crippen LogP contribution in [0.2, 0.25) is 0 Å². The molecule has 2 N–H and O–H groups in total. The number of nitrogens with zero attached hydrogens (tertiary/aromatic N) is 5. The first-order chi connectivity index (χ1) is 17.7. The van der Waals surface area contributed by atoms with Crippen molar-refractivity contribution in [3.8, 4) is 11.3 Å². The van der Waals surface area contributed by atoms with E-state index in [2.05, 4.69) is 36.2 Å². The normalized spacial score (nSPS) is 16.1. The number of rotatable bonds is 4. The van der Waals surface area contributed by atoms with Crippen molar-refractivity contribution in [2.45, 2.75) is 25.9 Å². The Bertz CT molecular complexity index is 1420. The average Bonchev–Trinajstić information content (AvgIpc) is 3.37. The minimum absolute atomic E-state index is 0.0182. The van der Waals surface area contributed by atoms with Gasteiger partial charge in [0.25, 0.3) is 5.91 Å². The van der Waals surface area contributed by atoms with Gasteiger partial charge in [0.05, 0.1) is 30.1 Å². The van der Waals surface area contributed by atoms with Gasteiger partial charge in [-0.2, -0.15) is 0 Å². The van der Waals surface area contributed by atoms with Crippen molar-refractivity contribution >= 4 is 28.5 Å². The Morgan fingerprint density at radius 3 is 2.61 bits per heavy atom. The molecule has 2 aliphatic heterocycles. The number of carbonyl (C=O) groups excluding carboxylic acids is 2. The molecule has 0 aliphatic carbocycles. The number of benzene rings is 1. The van der Waals surface area contributed by atoms with Gasteiger partial charge in [-0.3, -0.25) is 14.6 Å². The highest BCUT2D eigenvalue weighted by molar-refractivity contribution is 5.96. The molecule has 4 aromatic rings. The summed E-state index contributed by atoms with van der Waals surface area (Å²) in [6.45, 7) is 3.68. The van der Waals surface area contributed by atoms with Gasteiger partial charge >= 0.3 is 0 Å². The first-order valence-electron chi connectivity index (χ1n) is 12.3. The third kappa shape index (κ3) is 4.33. The fourth-order valence-electron chi connectivity index (χ4n) is 5.00. The monoisotopic (exact) mass is 481 g/mol. The predicted molar refractivity (Wildman–Crippen MR) is 136 cm³/mol. The Labute approximate surface area is 208 Å². The SMILES string of the molecule is O=C(Nc1cc2cc(-c3cnc4n3CCNC4)cnc2cn1)C1CCN(C(=O)c2ccccc2)CC1. The van der Waals surface area contributed by atoms with E-state index in [0.717, 1.165) is 47.6 Å². The van der Waals surface area contributed by atoms with E-state index < -0.39 is 0 Å². The number of piperidine rings is 1. The molecule has 1 aromatic carbocycles. The van der Waals surface area contributed by atoms with Crippen LogP contribution in [0.25, 0.3) is 22.2 Å². The second-order valence-corrected chi connectivity index (χ2v) is 9.30. The standard InChI is InChI=1S/C27H27N7O2/c35-26(18-6-9-33(10-7-18)27(36)19-4-2-1-3-5-19)32-24-13-20-12-21(14-29-22(20)15-30-24)23-16-31-25-17-28-8-11-34(23)25/h1-5,12-16,18,28H,6-11,17H2,(H,30,32,35). The Hall–Kier alpha value is -4.11. The highest BCUT2D eigenvalue weighted by Crippen LogP contribution is 2.26. The minimum atomic E-state index is -0.154. The topological polar surface area (TPSA) is 105 Å². The first kappa shape index (κ1) is 22.4. The summed E-state index contributed by atoms with van der Waals surface area (Å²) in [5.41, 5.74) is 3.48. The van der Waals surface area contributed by atoms with Gasteiger partial charge in [-0.1, -0.05) is 18.2 Å². The quantitative estimate of drug-likeness (QED) is 0.464. The van der Waals surface area contributed by atoms with Crippen LogP contribution in [-0.4, -0.2) is 55.9 Å². The summed E-state index contributed by atoms with van der Waals surface area (Å²) in [6, 6.07) is 13.2. The summed E-state index contributed by atoms with van der Waals surface area (Å²) in [5, 5.41) is 7.22. The predicted octanol–water partition coefficient (Wildman–Crippen LogP) is 3.09. The molecule has 182 valence electrons. The van der Waals surface area contributed by atoms with E-state index in [9.17, 15) is 9.59 Å². The van der Waals surface area contributed by atoms with Crippen LogP contribution in [0.5, 0.6) is 0 Å². The van der Waals surface area contributed by atoms with Crippen molar-refractivity contribution in [3.63, 3.8) is 0 Å². The van der Waals surface area contributed by atoms with Gasteiger partial charge in [-0.05, 0) is 37.1 Å². The van der Waals surface area contributed by atoms with Crippen LogP contribution in [0.4, 0.5) is 5.82 Å². The molecule has 0 unspecified atom stereocenters. The van der Waals surface area contributed by atoms with Crippen molar-refractivity contribution in [3.05, 3.63) is 72.4 Å². The van der Waals surface area contributed by atoms with E-state index in [0.29, 0.717) is 37.3 Å². The molecule has 2 aliphatic rings. The number of nitrogens with one attached hydrogen (secondary N) is 2. The van der Waals surface area contributed by atoms with E-state index >= 15 is 0 Å². The van der Waals surface area contributed by atoms with Crippen molar-refractivity contribution < 1.29 is 9.59 Å². The van der Waals surface area contributed by atoms with Crippen LogP contribution < -0.4 is 10.6 Å². The van der Waals surface area contributed by atoms with Gasteiger partial charge in [0.1, 0.15) is 11.6 Å². The second-order valence-electron chi connectivity index (χ2n) is 9.30. The van der Waals surface area contributed by atoms with Crippen molar-refractivity contribution in [2.75, 3.05) is 25.0 Å². The van der Waals surface area contributed by atoms with Crippen LogP contribution >= 0.6 is 0 Å². The number of hydrogen-bond acceptors (Lipinski definition) is 6.